The molecule has 1 aliphatic heterocycles. The van der Waals surface area contributed by atoms with Gasteiger partial charge in [0, 0.05) is 41.1 Å². The van der Waals surface area contributed by atoms with Crippen LogP contribution in [0.2, 0.25) is 0 Å². The quantitative estimate of drug-likeness (QED) is 0.223. The van der Waals surface area contributed by atoms with Crippen molar-refractivity contribution in [1.82, 2.24) is 19.4 Å². The normalized spacial score (nSPS) is 14.7. The van der Waals surface area contributed by atoms with Gasteiger partial charge in [0.05, 0.1) is 26.2 Å². The highest BCUT2D eigenvalue weighted by Crippen LogP contribution is 2.40. The largest absolute Gasteiger partial charge is 0.493 e. The summed E-state index contributed by atoms with van der Waals surface area (Å²) in [6.07, 6.45) is 8.00. The first-order chi connectivity index (χ1) is 19.5. The van der Waals surface area contributed by atoms with Crippen molar-refractivity contribution >= 4 is 10.9 Å². The van der Waals surface area contributed by atoms with Crippen LogP contribution in [0.15, 0.2) is 79.4 Å². The molecule has 0 saturated carbocycles. The van der Waals surface area contributed by atoms with E-state index in [0.29, 0.717) is 11.8 Å². The fourth-order valence-corrected chi connectivity index (χ4v) is 6.17. The Kier molecular flexibility index (Phi) is 7.35. The second-order valence-corrected chi connectivity index (χ2v) is 11.1. The lowest BCUT2D eigenvalue weighted by molar-refractivity contribution is 0.204. The van der Waals surface area contributed by atoms with Gasteiger partial charge in [0.2, 0.25) is 0 Å². The van der Waals surface area contributed by atoms with Crippen LogP contribution < -0.4 is 9.47 Å². The number of nitrogens with zero attached hydrogens (tertiary/aromatic N) is 3. The number of imidazole rings is 1. The summed E-state index contributed by atoms with van der Waals surface area (Å²) in [4.78, 5) is 10.5. The van der Waals surface area contributed by atoms with Gasteiger partial charge >= 0.3 is 0 Å². The molecule has 0 unspecified atom stereocenters. The Morgan fingerprint density at radius 3 is 2.38 bits per heavy atom. The van der Waals surface area contributed by atoms with E-state index in [1.54, 1.807) is 14.2 Å². The van der Waals surface area contributed by atoms with Crippen molar-refractivity contribution in [2.24, 2.45) is 0 Å². The first kappa shape index (κ1) is 26.2. The lowest BCUT2D eigenvalue weighted by Crippen LogP contribution is -2.32. The Balaban J connectivity index is 1.18. The maximum Gasteiger partial charge on any atom is 0.161 e. The standard InChI is InChI=1S/C34H38N4O2/c1-23(2)33-29-19-26(7-11-30(29)36-34(33)27-8-12-31(39-3)32(20-27)40-4)25-13-16-37(17-14-25)21-24-5-9-28(10-6-24)38-18-15-35-22-38/h5-12,15,18-20,22-23,25,36H,13-14,16-17,21H2,1-4H3. The van der Waals surface area contributed by atoms with Crippen molar-refractivity contribution in [3.05, 3.63) is 96.1 Å². The molecule has 0 bridgehead atoms. The van der Waals surface area contributed by atoms with E-state index in [-0.39, 0.29) is 0 Å². The number of benzene rings is 3. The van der Waals surface area contributed by atoms with Crippen molar-refractivity contribution in [3.8, 4) is 28.4 Å². The molecule has 0 aliphatic carbocycles. The molecular weight excluding hydrogens is 496 g/mol. The summed E-state index contributed by atoms with van der Waals surface area (Å²) in [5, 5.41) is 1.33. The van der Waals surface area contributed by atoms with E-state index in [2.05, 4.69) is 83.3 Å². The molecule has 1 aliphatic rings. The summed E-state index contributed by atoms with van der Waals surface area (Å²) in [6.45, 7) is 7.79. The lowest BCUT2D eigenvalue weighted by atomic mass is 9.87. The van der Waals surface area contributed by atoms with E-state index in [4.69, 9.17) is 9.47 Å². The molecule has 3 aromatic carbocycles. The molecule has 1 saturated heterocycles. The molecule has 0 radical (unpaired) electrons. The van der Waals surface area contributed by atoms with Gasteiger partial charge in [0.25, 0.3) is 0 Å². The van der Waals surface area contributed by atoms with E-state index >= 15 is 0 Å². The summed E-state index contributed by atoms with van der Waals surface area (Å²) in [5.74, 6) is 2.46. The van der Waals surface area contributed by atoms with E-state index in [1.807, 2.05) is 29.4 Å². The molecular formula is C34H38N4O2. The first-order valence-electron chi connectivity index (χ1n) is 14.2. The summed E-state index contributed by atoms with van der Waals surface area (Å²) in [5.41, 5.74) is 8.80. The minimum atomic E-state index is 0.383. The molecule has 0 amide bonds. The highest BCUT2D eigenvalue weighted by atomic mass is 16.5. The SMILES string of the molecule is COc1ccc(-c2[nH]c3ccc(C4CCN(Cc5ccc(-n6ccnc6)cc5)CC4)cc3c2C(C)C)cc1OC. The number of rotatable bonds is 8. The second-order valence-electron chi connectivity index (χ2n) is 11.1. The van der Waals surface area contributed by atoms with Gasteiger partial charge in [0.15, 0.2) is 11.5 Å². The molecule has 206 valence electrons. The van der Waals surface area contributed by atoms with Gasteiger partial charge in [0.1, 0.15) is 0 Å². The van der Waals surface area contributed by atoms with Crippen LogP contribution in [-0.4, -0.2) is 46.7 Å². The zero-order valence-corrected chi connectivity index (χ0v) is 23.9. The maximum absolute atomic E-state index is 5.59. The predicted octanol–water partition coefficient (Wildman–Crippen LogP) is 7.54. The van der Waals surface area contributed by atoms with Crippen LogP contribution in [0.3, 0.4) is 0 Å². The lowest BCUT2D eigenvalue weighted by Gasteiger charge is -2.32. The van der Waals surface area contributed by atoms with E-state index in [9.17, 15) is 0 Å². The summed E-state index contributed by atoms with van der Waals surface area (Å²) in [7, 11) is 3.36. The van der Waals surface area contributed by atoms with Gasteiger partial charge in [-0.25, -0.2) is 4.98 Å². The molecule has 1 N–H and O–H groups in total. The molecule has 2 aromatic heterocycles. The van der Waals surface area contributed by atoms with Crippen LogP contribution in [0.4, 0.5) is 0 Å². The van der Waals surface area contributed by atoms with E-state index < -0.39 is 0 Å². The van der Waals surface area contributed by atoms with Crippen molar-refractivity contribution in [2.75, 3.05) is 27.3 Å². The van der Waals surface area contributed by atoms with Crippen LogP contribution in [0, 0.1) is 0 Å². The molecule has 5 aromatic rings. The van der Waals surface area contributed by atoms with Gasteiger partial charge in [-0.05, 0) is 96.9 Å². The Labute approximate surface area is 236 Å². The fraction of sp³-hybridized carbons (Fsp3) is 0.324. The number of aromatic nitrogens is 3. The number of ether oxygens (including phenoxy) is 2. The average Bonchev–Trinajstić information content (AvgIpc) is 3.66. The van der Waals surface area contributed by atoms with Crippen molar-refractivity contribution < 1.29 is 9.47 Å². The number of fused-ring (bicyclic) bond motifs is 1. The van der Waals surface area contributed by atoms with E-state index in [1.165, 1.54) is 40.4 Å². The number of methoxy groups -OCH3 is 2. The number of aromatic amines is 1. The summed E-state index contributed by atoms with van der Waals surface area (Å²) in [6, 6.07) is 22.0. The third-order valence-electron chi connectivity index (χ3n) is 8.32. The smallest absolute Gasteiger partial charge is 0.161 e. The monoisotopic (exact) mass is 534 g/mol. The highest BCUT2D eigenvalue weighted by molar-refractivity contribution is 5.92. The second kappa shape index (κ2) is 11.2. The number of hydrogen-bond acceptors (Lipinski definition) is 4. The molecule has 6 heteroatoms. The minimum Gasteiger partial charge on any atom is -0.493 e. The van der Waals surface area contributed by atoms with Crippen molar-refractivity contribution in [3.63, 3.8) is 0 Å². The number of likely N-dealkylation sites (tertiary alicyclic amines) is 1. The predicted molar refractivity (Wildman–Crippen MR) is 162 cm³/mol. The van der Waals surface area contributed by atoms with E-state index in [0.717, 1.165) is 48.1 Å². The van der Waals surface area contributed by atoms with Gasteiger partial charge in [-0.15, -0.1) is 0 Å². The maximum atomic E-state index is 5.59. The van der Waals surface area contributed by atoms with Crippen molar-refractivity contribution in [1.29, 1.82) is 0 Å². The van der Waals surface area contributed by atoms with Crippen molar-refractivity contribution in [2.45, 2.75) is 45.1 Å². The summed E-state index contributed by atoms with van der Waals surface area (Å²) < 4.78 is 13.1. The Hall–Kier alpha value is -4.03. The number of nitrogens with one attached hydrogen (secondary N) is 1. The molecule has 0 spiro atoms. The topological polar surface area (TPSA) is 55.3 Å². The third kappa shape index (κ3) is 5.11. The molecule has 40 heavy (non-hydrogen) atoms. The average molecular weight is 535 g/mol. The zero-order chi connectivity index (χ0) is 27.6. The number of hydrogen-bond donors (Lipinski definition) is 1. The molecule has 0 atom stereocenters. The highest BCUT2D eigenvalue weighted by Gasteiger charge is 2.23. The van der Waals surface area contributed by atoms with Crippen LogP contribution >= 0.6 is 0 Å². The number of H-pyrrole nitrogens is 1. The van der Waals surface area contributed by atoms with Gasteiger partial charge in [-0.2, -0.15) is 0 Å². The van der Waals surface area contributed by atoms with Crippen LogP contribution in [-0.2, 0) is 6.54 Å². The van der Waals surface area contributed by atoms with Crippen LogP contribution in [0.1, 0.15) is 55.2 Å². The third-order valence-corrected chi connectivity index (χ3v) is 8.32. The molecule has 6 nitrogen and oxygen atoms in total. The van der Waals surface area contributed by atoms with Gasteiger partial charge < -0.3 is 19.0 Å². The van der Waals surface area contributed by atoms with Crippen LogP contribution in [0.5, 0.6) is 11.5 Å². The fourth-order valence-electron chi connectivity index (χ4n) is 6.17. The Morgan fingerprint density at radius 1 is 0.925 bits per heavy atom. The summed E-state index contributed by atoms with van der Waals surface area (Å²) >= 11 is 0. The van der Waals surface area contributed by atoms with Gasteiger partial charge in [-0.3, -0.25) is 4.90 Å². The number of piperidine rings is 1. The van der Waals surface area contributed by atoms with Crippen LogP contribution in [0.25, 0.3) is 27.8 Å². The zero-order valence-electron chi connectivity index (χ0n) is 23.9. The minimum absolute atomic E-state index is 0.383. The first-order valence-corrected chi connectivity index (χ1v) is 14.2. The molecule has 6 rings (SSSR count). The Morgan fingerprint density at radius 2 is 1.70 bits per heavy atom. The van der Waals surface area contributed by atoms with Gasteiger partial charge in [-0.1, -0.05) is 32.0 Å². The molecule has 3 heterocycles. The Bertz CT molecular complexity index is 1580. The molecule has 1 fully saturated rings.